The minimum atomic E-state index is -0.486. The highest BCUT2D eigenvalue weighted by Gasteiger charge is 2.11. The van der Waals surface area contributed by atoms with Gasteiger partial charge in [0.2, 0.25) is 0 Å². The van der Waals surface area contributed by atoms with Crippen molar-refractivity contribution in [2.45, 2.75) is 13.8 Å². The highest BCUT2D eigenvalue weighted by Crippen LogP contribution is 2.34. The second-order valence-electron chi connectivity index (χ2n) is 5.39. The van der Waals surface area contributed by atoms with Crippen molar-refractivity contribution < 1.29 is 14.5 Å². The molecule has 26 heavy (non-hydrogen) atoms. The van der Waals surface area contributed by atoms with Gasteiger partial charge in [0.15, 0.2) is 6.61 Å². The third-order valence-corrected chi connectivity index (χ3v) is 4.49. The molecule has 2 rings (SSSR count). The highest BCUT2D eigenvalue weighted by atomic mass is 79.9. The van der Waals surface area contributed by atoms with Gasteiger partial charge in [-0.1, -0.05) is 12.1 Å². The van der Waals surface area contributed by atoms with Crippen molar-refractivity contribution in [1.82, 2.24) is 5.43 Å². The molecule has 0 unspecified atom stereocenters. The van der Waals surface area contributed by atoms with E-state index in [4.69, 9.17) is 4.74 Å². The van der Waals surface area contributed by atoms with Crippen molar-refractivity contribution in [3.63, 3.8) is 0 Å². The third kappa shape index (κ3) is 5.37. The van der Waals surface area contributed by atoms with E-state index in [-0.39, 0.29) is 12.3 Å². The maximum atomic E-state index is 11.9. The summed E-state index contributed by atoms with van der Waals surface area (Å²) in [6.07, 6.45) is 0. The van der Waals surface area contributed by atoms with Crippen LogP contribution in [0.5, 0.6) is 5.75 Å². The summed E-state index contributed by atoms with van der Waals surface area (Å²) in [5.74, 6) is 0.0688. The number of rotatable bonds is 6. The van der Waals surface area contributed by atoms with Crippen molar-refractivity contribution in [3.05, 3.63) is 66.6 Å². The lowest BCUT2D eigenvalue weighted by atomic mass is 10.1. The number of carbonyl (C=O) groups is 1. The lowest BCUT2D eigenvalue weighted by molar-refractivity contribution is -0.384. The third-order valence-electron chi connectivity index (χ3n) is 3.31. The molecule has 9 heteroatoms. The molecule has 7 nitrogen and oxygen atoms in total. The van der Waals surface area contributed by atoms with Crippen LogP contribution in [0, 0.1) is 17.0 Å². The number of hydrazone groups is 1. The van der Waals surface area contributed by atoms with Gasteiger partial charge in [-0.15, -0.1) is 0 Å². The molecule has 0 saturated carbocycles. The van der Waals surface area contributed by atoms with Crippen molar-refractivity contribution in [1.29, 1.82) is 0 Å². The van der Waals surface area contributed by atoms with Crippen LogP contribution in [0.3, 0.4) is 0 Å². The summed E-state index contributed by atoms with van der Waals surface area (Å²) >= 11 is 6.78. The Morgan fingerprint density at radius 2 is 1.92 bits per heavy atom. The maximum absolute atomic E-state index is 11.9. The molecule has 2 aromatic rings. The number of amides is 1. The lowest BCUT2D eigenvalue weighted by Gasteiger charge is -2.10. The second kappa shape index (κ2) is 8.91. The standard InChI is InChI=1S/C17H15Br2N3O4/c1-10-6-14(18)17(15(19)7-10)26-9-16(23)21-20-11(2)12-4-3-5-13(8-12)22(24)25/h3-8H,9H2,1-2H3,(H,21,23). The van der Waals surface area contributed by atoms with Crippen LogP contribution >= 0.6 is 31.9 Å². The van der Waals surface area contributed by atoms with Gasteiger partial charge in [0.25, 0.3) is 11.6 Å². The molecule has 0 aliphatic rings. The van der Waals surface area contributed by atoms with Gasteiger partial charge < -0.3 is 4.74 Å². The highest BCUT2D eigenvalue weighted by molar-refractivity contribution is 9.11. The zero-order valence-corrected chi connectivity index (χ0v) is 17.1. The Kier molecular flexibility index (Phi) is 6.87. The van der Waals surface area contributed by atoms with E-state index in [1.165, 1.54) is 12.1 Å². The second-order valence-corrected chi connectivity index (χ2v) is 7.09. The summed E-state index contributed by atoms with van der Waals surface area (Å²) in [6, 6.07) is 9.77. The van der Waals surface area contributed by atoms with Gasteiger partial charge in [0.1, 0.15) is 5.75 Å². The predicted octanol–water partition coefficient (Wildman–Crippen LogP) is 4.35. The maximum Gasteiger partial charge on any atom is 0.277 e. The molecule has 0 aliphatic carbocycles. The van der Waals surface area contributed by atoms with Gasteiger partial charge in [-0.2, -0.15) is 5.10 Å². The van der Waals surface area contributed by atoms with Gasteiger partial charge in [-0.05, 0) is 63.4 Å². The van der Waals surface area contributed by atoms with Crippen molar-refractivity contribution >= 4 is 49.2 Å². The average Bonchev–Trinajstić information content (AvgIpc) is 2.58. The number of aryl methyl sites for hydroxylation is 1. The molecule has 0 saturated heterocycles. The first-order valence-electron chi connectivity index (χ1n) is 7.44. The fourth-order valence-electron chi connectivity index (χ4n) is 2.05. The number of nitro benzene ring substituents is 1. The number of non-ortho nitro benzene ring substituents is 1. The first-order chi connectivity index (χ1) is 12.3. The fraction of sp³-hybridized carbons (Fsp3) is 0.176. The molecule has 2 aromatic carbocycles. The molecule has 0 spiro atoms. The summed E-state index contributed by atoms with van der Waals surface area (Å²) in [5, 5.41) is 14.8. The van der Waals surface area contributed by atoms with Gasteiger partial charge in [-0.3, -0.25) is 14.9 Å². The molecule has 0 bridgehead atoms. The topological polar surface area (TPSA) is 93.8 Å². The molecular weight excluding hydrogens is 470 g/mol. The van der Waals surface area contributed by atoms with Gasteiger partial charge in [-0.25, -0.2) is 5.43 Å². The van der Waals surface area contributed by atoms with E-state index in [1.807, 2.05) is 19.1 Å². The number of nitro groups is 1. The van der Waals surface area contributed by atoms with Crippen molar-refractivity contribution in [3.8, 4) is 5.75 Å². The summed E-state index contributed by atoms with van der Waals surface area (Å²) in [5.41, 5.74) is 4.36. The summed E-state index contributed by atoms with van der Waals surface area (Å²) in [7, 11) is 0. The number of carbonyl (C=O) groups excluding carboxylic acids is 1. The normalized spacial score (nSPS) is 11.2. The molecule has 0 radical (unpaired) electrons. The number of benzene rings is 2. The molecular formula is C17H15Br2N3O4. The van der Waals surface area contributed by atoms with Crippen LogP contribution in [0.15, 0.2) is 50.4 Å². The Morgan fingerprint density at radius 3 is 2.54 bits per heavy atom. The Balaban J connectivity index is 1.99. The Hall–Kier alpha value is -2.26. The van der Waals surface area contributed by atoms with Gasteiger partial charge >= 0.3 is 0 Å². The van der Waals surface area contributed by atoms with E-state index in [1.54, 1.807) is 19.1 Å². The Bertz CT molecular complexity index is 861. The first-order valence-corrected chi connectivity index (χ1v) is 9.03. The largest absolute Gasteiger partial charge is 0.481 e. The van der Waals surface area contributed by atoms with E-state index < -0.39 is 10.8 Å². The molecule has 0 aromatic heterocycles. The Labute approximate surface area is 166 Å². The summed E-state index contributed by atoms with van der Waals surface area (Å²) in [6.45, 7) is 3.36. The minimum Gasteiger partial charge on any atom is -0.481 e. The molecule has 1 amide bonds. The van der Waals surface area contributed by atoms with Gasteiger partial charge in [0.05, 0.1) is 19.6 Å². The average molecular weight is 485 g/mol. The van der Waals surface area contributed by atoms with E-state index in [9.17, 15) is 14.9 Å². The molecule has 0 aliphatic heterocycles. The number of nitrogens with zero attached hydrogens (tertiary/aromatic N) is 2. The summed E-state index contributed by atoms with van der Waals surface area (Å²) in [4.78, 5) is 22.3. The predicted molar refractivity (Wildman–Crippen MR) is 106 cm³/mol. The monoisotopic (exact) mass is 483 g/mol. The fourth-order valence-corrected chi connectivity index (χ4v) is 3.69. The van der Waals surface area contributed by atoms with Crippen LogP contribution in [0.2, 0.25) is 0 Å². The molecule has 0 atom stereocenters. The molecule has 0 fully saturated rings. The van der Waals surface area contributed by atoms with E-state index in [0.29, 0.717) is 17.0 Å². The number of ether oxygens (including phenoxy) is 1. The van der Waals surface area contributed by atoms with Crippen molar-refractivity contribution in [2.24, 2.45) is 5.10 Å². The molecule has 136 valence electrons. The molecule has 1 N–H and O–H groups in total. The minimum absolute atomic E-state index is 0.0409. The van der Waals surface area contributed by atoms with Crippen LogP contribution in [-0.2, 0) is 4.79 Å². The van der Waals surface area contributed by atoms with E-state index >= 15 is 0 Å². The van der Waals surface area contributed by atoms with Crippen LogP contribution in [0.25, 0.3) is 0 Å². The van der Waals surface area contributed by atoms with Gasteiger partial charge in [0, 0.05) is 17.7 Å². The van der Waals surface area contributed by atoms with Crippen molar-refractivity contribution in [2.75, 3.05) is 6.61 Å². The lowest BCUT2D eigenvalue weighted by Crippen LogP contribution is -2.25. The number of hydrogen-bond donors (Lipinski definition) is 1. The number of halogens is 2. The SMILES string of the molecule is CC(=NNC(=O)COc1c(Br)cc(C)cc1Br)c1cccc([N+](=O)[O-])c1. The Morgan fingerprint density at radius 1 is 1.27 bits per heavy atom. The quantitative estimate of drug-likeness (QED) is 0.374. The smallest absolute Gasteiger partial charge is 0.277 e. The van der Waals surface area contributed by atoms with Crippen LogP contribution in [0.4, 0.5) is 5.69 Å². The van der Waals surface area contributed by atoms with E-state index in [2.05, 4.69) is 42.4 Å². The van der Waals surface area contributed by atoms with Crippen LogP contribution in [-0.4, -0.2) is 23.1 Å². The van der Waals surface area contributed by atoms with Crippen LogP contribution < -0.4 is 10.2 Å². The number of nitrogens with one attached hydrogen (secondary N) is 1. The zero-order chi connectivity index (χ0) is 19.3. The summed E-state index contributed by atoms with van der Waals surface area (Å²) < 4.78 is 6.97. The first kappa shape index (κ1) is 20.1. The molecule has 0 heterocycles. The number of hydrogen-bond acceptors (Lipinski definition) is 5. The van der Waals surface area contributed by atoms with E-state index in [0.717, 1.165) is 14.5 Å². The zero-order valence-electron chi connectivity index (χ0n) is 14.0. The van der Waals surface area contributed by atoms with Crippen LogP contribution in [0.1, 0.15) is 18.1 Å².